The fraction of sp³-hybridized carbons (Fsp3) is 0.375. The predicted octanol–water partition coefficient (Wildman–Crippen LogP) is 4.20. The minimum atomic E-state index is -4.80. The molecule has 25 heavy (non-hydrogen) atoms. The highest BCUT2D eigenvalue weighted by atomic mass is 35.5. The number of rotatable bonds is 4. The maximum Gasteiger partial charge on any atom is 0.573 e. The topological polar surface area (TPSA) is 24.5 Å². The van der Waals surface area contributed by atoms with Crippen molar-refractivity contribution in [1.82, 2.24) is 10.2 Å². The summed E-state index contributed by atoms with van der Waals surface area (Å²) in [6.07, 6.45) is -4.80. The first kappa shape index (κ1) is 20.0. The number of halogens is 5. The molecule has 9 heteroatoms. The van der Waals surface area contributed by atoms with Crippen molar-refractivity contribution >= 4 is 23.7 Å². The molecule has 1 saturated heterocycles. The summed E-state index contributed by atoms with van der Waals surface area (Å²) in [7, 11) is 0. The lowest BCUT2D eigenvalue weighted by Gasteiger charge is -2.35. The quantitative estimate of drug-likeness (QED) is 0.784. The molecule has 1 aliphatic heterocycles. The SMILES string of the molecule is Cl.Fc1ccc(OC(F)(F)F)cc1[C@@H](c1cccs1)N1CCNCC1. The fourth-order valence-corrected chi connectivity index (χ4v) is 3.72. The van der Waals surface area contributed by atoms with Crippen LogP contribution in [0.3, 0.4) is 0 Å². The number of benzene rings is 1. The number of ether oxygens (including phenoxy) is 1. The van der Waals surface area contributed by atoms with Crippen LogP contribution >= 0.6 is 23.7 Å². The van der Waals surface area contributed by atoms with E-state index >= 15 is 0 Å². The van der Waals surface area contributed by atoms with E-state index in [9.17, 15) is 17.6 Å². The van der Waals surface area contributed by atoms with Crippen LogP contribution in [0.25, 0.3) is 0 Å². The third-order valence-corrected chi connectivity index (χ3v) is 4.75. The van der Waals surface area contributed by atoms with Gasteiger partial charge in [0.05, 0.1) is 6.04 Å². The summed E-state index contributed by atoms with van der Waals surface area (Å²) in [6, 6.07) is 6.46. The minimum absolute atomic E-state index is 0. The zero-order valence-electron chi connectivity index (χ0n) is 13.1. The molecule has 0 saturated carbocycles. The van der Waals surface area contributed by atoms with E-state index in [0.717, 1.165) is 36.2 Å². The average Bonchev–Trinajstić information content (AvgIpc) is 3.04. The first-order chi connectivity index (χ1) is 11.4. The van der Waals surface area contributed by atoms with Crippen LogP contribution in [0.2, 0.25) is 0 Å². The van der Waals surface area contributed by atoms with Gasteiger partial charge in [0, 0.05) is 36.6 Å². The van der Waals surface area contributed by atoms with Crippen molar-refractivity contribution in [1.29, 1.82) is 0 Å². The van der Waals surface area contributed by atoms with Crippen LogP contribution in [0, 0.1) is 5.82 Å². The Kier molecular flexibility index (Phi) is 6.67. The largest absolute Gasteiger partial charge is 0.573 e. The van der Waals surface area contributed by atoms with Crippen molar-refractivity contribution < 1.29 is 22.3 Å². The van der Waals surface area contributed by atoms with Crippen molar-refractivity contribution in [2.75, 3.05) is 26.2 Å². The Morgan fingerprint density at radius 1 is 1.16 bits per heavy atom. The average molecular weight is 397 g/mol. The highest BCUT2D eigenvalue weighted by Gasteiger charge is 2.33. The molecule has 0 bridgehead atoms. The molecule has 1 aromatic carbocycles. The molecule has 2 aromatic rings. The summed E-state index contributed by atoms with van der Waals surface area (Å²) >= 11 is 1.46. The molecule has 1 atom stereocenters. The normalized spacial score (nSPS) is 17.0. The van der Waals surface area contributed by atoms with E-state index in [1.165, 1.54) is 11.3 Å². The summed E-state index contributed by atoms with van der Waals surface area (Å²) in [5.41, 5.74) is 0.195. The van der Waals surface area contributed by atoms with Crippen molar-refractivity contribution in [3.05, 3.63) is 52.0 Å². The lowest BCUT2D eigenvalue weighted by atomic mass is 10.0. The van der Waals surface area contributed by atoms with Crippen LogP contribution in [0.15, 0.2) is 35.7 Å². The third-order valence-electron chi connectivity index (χ3n) is 3.83. The zero-order valence-corrected chi connectivity index (χ0v) is 14.7. The van der Waals surface area contributed by atoms with Crippen molar-refractivity contribution in [2.45, 2.75) is 12.4 Å². The van der Waals surface area contributed by atoms with E-state index in [4.69, 9.17) is 0 Å². The van der Waals surface area contributed by atoms with Gasteiger partial charge in [0.15, 0.2) is 0 Å². The van der Waals surface area contributed by atoms with E-state index in [-0.39, 0.29) is 18.0 Å². The van der Waals surface area contributed by atoms with Crippen LogP contribution in [0.4, 0.5) is 17.6 Å². The number of hydrogen-bond acceptors (Lipinski definition) is 4. The molecular weight excluding hydrogens is 380 g/mol. The molecule has 0 radical (unpaired) electrons. The Labute approximate surface area is 153 Å². The predicted molar refractivity (Wildman–Crippen MR) is 90.9 cm³/mol. The van der Waals surface area contributed by atoms with Gasteiger partial charge >= 0.3 is 6.36 Å². The molecule has 0 aliphatic carbocycles. The van der Waals surface area contributed by atoms with E-state index < -0.39 is 24.0 Å². The second kappa shape index (κ2) is 8.35. The lowest BCUT2D eigenvalue weighted by Crippen LogP contribution is -2.45. The number of piperazine rings is 1. The summed E-state index contributed by atoms with van der Waals surface area (Å²) in [6.45, 7) is 2.88. The first-order valence-electron chi connectivity index (χ1n) is 7.47. The second-order valence-electron chi connectivity index (χ2n) is 5.44. The Morgan fingerprint density at radius 3 is 2.48 bits per heavy atom. The van der Waals surface area contributed by atoms with Crippen LogP contribution in [-0.2, 0) is 0 Å². The van der Waals surface area contributed by atoms with Crippen molar-refractivity contribution in [2.24, 2.45) is 0 Å². The number of nitrogens with zero attached hydrogens (tertiary/aromatic N) is 1. The molecule has 1 aliphatic rings. The van der Waals surface area contributed by atoms with Gasteiger partial charge in [-0.1, -0.05) is 6.07 Å². The van der Waals surface area contributed by atoms with Gasteiger partial charge in [0.1, 0.15) is 11.6 Å². The minimum Gasteiger partial charge on any atom is -0.406 e. The summed E-state index contributed by atoms with van der Waals surface area (Å²) in [4.78, 5) is 2.96. The van der Waals surface area contributed by atoms with Gasteiger partial charge in [0.25, 0.3) is 0 Å². The Morgan fingerprint density at radius 2 is 1.88 bits per heavy atom. The maximum atomic E-state index is 14.4. The summed E-state index contributed by atoms with van der Waals surface area (Å²) < 4.78 is 55.8. The molecule has 3 nitrogen and oxygen atoms in total. The standard InChI is InChI=1S/C16H16F4N2OS.ClH/c17-13-4-3-11(23-16(18,19)20)10-12(13)15(14-2-1-9-24-14)22-7-5-21-6-8-22;/h1-4,9-10,15,21H,5-8H2;1H/t15-;/m0./s1. The van der Waals surface area contributed by atoms with Gasteiger partial charge in [-0.3, -0.25) is 4.90 Å². The number of nitrogens with one attached hydrogen (secondary N) is 1. The highest BCUT2D eigenvalue weighted by Crippen LogP contribution is 2.36. The number of thiophene rings is 1. The lowest BCUT2D eigenvalue weighted by molar-refractivity contribution is -0.274. The van der Waals surface area contributed by atoms with Gasteiger partial charge in [-0.25, -0.2) is 4.39 Å². The third kappa shape index (κ3) is 5.07. The van der Waals surface area contributed by atoms with E-state index in [1.807, 2.05) is 17.5 Å². The van der Waals surface area contributed by atoms with E-state index in [1.54, 1.807) is 0 Å². The van der Waals surface area contributed by atoms with Gasteiger partial charge in [-0.2, -0.15) is 0 Å². The summed E-state index contributed by atoms with van der Waals surface area (Å²) in [5.74, 6) is -0.947. The number of hydrogen-bond donors (Lipinski definition) is 1. The van der Waals surface area contributed by atoms with Gasteiger partial charge < -0.3 is 10.1 Å². The molecule has 1 fully saturated rings. The maximum absolute atomic E-state index is 14.4. The fourth-order valence-electron chi connectivity index (χ4n) is 2.85. The van der Waals surface area contributed by atoms with Crippen molar-refractivity contribution in [3.8, 4) is 5.75 Å². The first-order valence-corrected chi connectivity index (χ1v) is 8.35. The van der Waals surface area contributed by atoms with Crippen LogP contribution in [0.5, 0.6) is 5.75 Å². The highest BCUT2D eigenvalue weighted by molar-refractivity contribution is 7.10. The molecule has 0 amide bonds. The number of alkyl halides is 3. The Bertz CT molecular complexity index is 675. The Balaban J connectivity index is 0.00000225. The van der Waals surface area contributed by atoms with Gasteiger partial charge in [-0.05, 0) is 29.6 Å². The van der Waals surface area contributed by atoms with E-state index in [0.29, 0.717) is 13.1 Å². The van der Waals surface area contributed by atoms with E-state index in [2.05, 4.69) is 15.0 Å². The van der Waals surface area contributed by atoms with Crippen LogP contribution in [-0.4, -0.2) is 37.4 Å². The molecule has 3 rings (SSSR count). The zero-order chi connectivity index (χ0) is 17.2. The second-order valence-corrected chi connectivity index (χ2v) is 6.41. The van der Waals surface area contributed by atoms with Crippen LogP contribution in [0.1, 0.15) is 16.5 Å². The van der Waals surface area contributed by atoms with Gasteiger partial charge in [-0.15, -0.1) is 36.9 Å². The monoisotopic (exact) mass is 396 g/mol. The molecule has 2 heterocycles. The molecule has 1 N–H and O–H groups in total. The molecule has 138 valence electrons. The smallest absolute Gasteiger partial charge is 0.406 e. The molecule has 1 aromatic heterocycles. The summed E-state index contributed by atoms with van der Waals surface area (Å²) in [5, 5.41) is 5.09. The van der Waals surface area contributed by atoms with Gasteiger partial charge in [0.2, 0.25) is 0 Å². The molecule has 0 unspecified atom stereocenters. The molecular formula is C16H17ClF4N2OS. The Hall–Kier alpha value is -1.35. The van der Waals surface area contributed by atoms with Crippen molar-refractivity contribution in [3.63, 3.8) is 0 Å². The van der Waals surface area contributed by atoms with Crippen LogP contribution < -0.4 is 10.1 Å². The molecule has 0 spiro atoms.